The number of carboxylic acid groups (broad SMARTS) is 1. The molecule has 1 N–H and O–H groups in total. The summed E-state index contributed by atoms with van der Waals surface area (Å²) in [6.45, 7) is 4.72. The number of carbonyl (C=O) groups excluding carboxylic acids is 2. The molecule has 0 heterocycles. The molecule has 2 unspecified atom stereocenters. The number of quaternary nitrogens is 1. The molecule has 0 bridgehead atoms. The Labute approximate surface area is 448 Å². The van der Waals surface area contributed by atoms with E-state index in [4.69, 9.17) is 18.9 Å². The fourth-order valence-electron chi connectivity index (χ4n) is 7.81. The van der Waals surface area contributed by atoms with Crippen LogP contribution in [-0.2, 0) is 33.3 Å². The minimum absolute atomic E-state index is 0.177. The summed E-state index contributed by atoms with van der Waals surface area (Å²) in [5.74, 6) is -2.05. The van der Waals surface area contributed by atoms with Crippen molar-refractivity contribution in [2.75, 3.05) is 47.5 Å². The summed E-state index contributed by atoms with van der Waals surface area (Å²) >= 11 is 0. The van der Waals surface area contributed by atoms with Gasteiger partial charge in [0.2, 0.25) is 0 Å². The lowest BCUT2D eigenvalue weighted by atomic mass is 10.0. The van der Waals surface area contributed by atoms with E-state index in [1.54, 1.807) is 0 Å². The molecular weight excluding hydrogens is 911 g/mol. The monoisotopic (exact) mass is 1020 g/mol. The Balaban J connectivity index is 4.31. The molecule has 73 heavy (non-hydrogen) atoms. The highest BCUT2D eigenvalue weighted by Crippen LogP contribution is 2.15. The van der Waals surface area contributed by atoms with Crippen LogP contribution in [0.4, 0.5) is 0 Å². The van der Waals surface area contributed by atoms with Crippen LogP contribution in [0.15, 0.2) is 97.2 Å². The predicted molar refractivity (Wildman–Crippen MR) is 309 cm³/mol. The minimum atomic E-state index is -1.52. The summed E-state index contributed by atoms with van der Waals surface area (Å²) in [6.07, 6.45) is 70.5. The van der Waals surface area contributed by atoms with Crippen LogP contribution in [0.3, 0.4) is 0 Å². The van der Waals surface area contributed by atoms with Crippen LogP contribution in [0, 0.1) is 0 Å². The molecule has 0 aromatic carbocycles. The van der Waals surface area contributed by atoms with E-state index < -0.39 is 24.3 Å². The highest BCUT2D eigenvalue weighted by atomic mass is 16.7. The van der Waals surface area contributed by atoms with Gasteiger partial charge in [-0.25, -0.2) is 4.79 Å². The highest BCUT2D eigenvalue weighted by Gasteiger charge is 2.25. The van der Waals surface area contributed by atoms with Gasteiger partial charge in [-0.3, -0.25) is 9.59 Å². The van der Waals surface area contributed by atoms with Gasteiger partial charge in [0, 0.05) is 12.8 Å². The van der Waals surface area contributed by atoms with Gasteiger partial charge in [-0.15, -0.1) is 0 Å². The van der Waals surface area contributed by atoms with Gasteiger partial charge in [0.05, 0.1) is 34.4 Å². The molecule has 9 heteroatoms. The van der Waals surface area contributed by atoms with E-state index >= 15 is 0 Å². The number of carboxylic acids is 1. The number of hydrogen-bond acceptors (Lipinski definition) is 7. The fraction of sp³-hybridized carbons (Fsp3) is 0.703. The molecule has 0 rings (SSSR count). The smallest absolute Gasteiger partial charge is 0.361 e. The zero-order valence-corrected chi connectivity index (χ0v) is 47.5. The van der Waals surface area contributed by atoms with Crippen molar-refractivity contribution in [3.05, 3.63) is 97.2 Å². The number of aliphatic carboxylic acids is 1. The van der Waals surface area contributed by atoms with Gasteiger partial charge in [0.15, 0.2) is 6.10 Å². The lowest BCUT2D eigenvalue weighted by Gasteiger charge is -2.25. The average Bonchev–Trinajstić information content (AvgIpc) is 3.36. The van der Waals surface area contributed by atoms with Gasteiger partial charge in [0.1, 0.15) is 13.2 Å². The highest BCUT2D eigenvalue weighted by molar-refractivity contribution is 5.71. The molecule has 0 fully saturated rings. The Hall–Kier alpha value is -3.79. The van der Waals surface area contributed by atoms with Crippen molar-refractivity contribution >= 4 is 17.9 Å². The Morgan fingerprint density at radius 2 is 0.781 bits per heavy atom. The summed E-state index contributed by atoms with van der Waals surface area (Å²) in [7, 11) is 5.95. The summed E-state index contributed by atoms with van der Waals surface area (Å²) in [5, 5.41) is 9.71. The van der Waals surface area contributed by atoms with Crippen LogP contribution in [0.1, 0.15) is 232 Å². The maximum absolute atomic E-state index is 12.9. The van der Waals surface area contributed by atoms with E-state index in [0.717, 1.165) is 89.9 Å². The second-order valence-corrected chi connectivity index (χ2v) is 20.6. The van der Waals surface area contributed by atoms with Crippen LogP contribution >= 0.6 is 0 Å². The lowest BCUT2D eigenvalue weighted by Crippen LogP contribution is -2.40. The molecule has 0 amide bonds. The number of carbonyl (C=O) groups is 3. The van der Waals surface area contributed by atoms with E-state index in [1.807, 2.05) is 21.1 Å². The zero-order valence-electron chi connectivity index (χ0n) is 47.5. The Morgan fingerprint density at radius 1 is 0.425 bits per heavy atom. The summed E-state index contributed by atoms with van der Waals surface area (Å²) in [5.41, 5.74) is 0. The predicted octanol–water partition coefficient (Wildman–Crippen LogP) is 17.3. The standard InChI is InChI=1S/C64H109NO8/c1-6-8-10-12-14-16-18-20-22-24-26-28-30-31-33-34-36-38-40-42-44-46-48-50-52-54-61(66)71-58-60(59-72-64(63(68)69)70-57-56-65(3,4)5)73-62(67)55-53-51-49-47-45-43-41-39-37-35-32-29-27-25-23-21-19-17-15-13-11-9-7-2/h9,11,15,17-18,20-21,23-24,26-27,29,35,37,41,43,60,64H,6-8,10,12-14,16,19,22,25,28,30-34,36,38-40,42,44-59H2,1-5H3/p+1/b11-9-,17-15-,20-18-,23-21-,26-24-,29-27-,37-35-,43-41-. The second kappa shape index (κ2) is 54.5. The summed E-state index contributed by atoms with van der Waals surface area (Å²) in [4.78, 5) is 37.4. The first-order valence-electron chi connectivity index (χ1n) is 29.4. The maximum atomic E-state index is 12.9. The van der Waals surface area contributed by atoms with Crippen LogP contribution in [0.2, 0.25) is 0 Å². The first-order chi connectivity index (χ1) is 35.6. The molecular formula is C64H110NO8+. The van der Waals surface area contributed by atoms with E-state index in [9.17, 15) is 19.5 Å². The third-order valence-electron chi connectivity index (χ3n) is 12.3. The van der Waals surface area contributed by atoms with Gasteiger partial charge >= 0.3 is 17.9 Å². The molecule has 418 valence electrons. The van der Waals surface area contributed by atoms with Gasteiger partial charge in [-0.05, 0) is 96.3 Å². The molecule has 0 spiro atoms. The Kier molecular flexibility index (Phi) is 51.6. The maximum Gasteiger partial charge on any atom is 0.361 e. The number of hydrogen-bond donors (Lipinski definition) is 1. The van der Waals surface area contributed by atoms with Crippen molar-refractivity contribution in [1.29, 1.82) is 0 Å². The van der Waals surface area contributed by atoms with Gasteiger partial charge < -0.3 is 28.5 Å². The molecule has 0 saturated heterocycles. The minimum Gasteiger partial charge on any atom is -0.477 e. The fourth-order valence-corrected chi connectivity index (χ4v) is 7.81. The number of rotatable bonds is 53. The van der Waals surface area contributed by atoms with E-state index in [2.05, 4.69) is 111 Å². The quantitative estimate of drug-likeness (QED) is 0.0211. The first kappa shape index (κ1) is 69.2. The van der Waals surface area contributed by atoms with E-state index in [-0.39, 0.29) is 32.2 Å². The second-order valence-electron chi connectivity index (χ2n) is 20.6. The van der Waals surface area contributed by atoms with Gasteiger partial charge in [-0.2, -0.15) is 0 Å². The Morgan fingerprint density at radius 3 is 1.16 bits per heavy atom. The molecule has 0 aromatic rings. The SMILES string of the molecule is CC/C=C\C/C=C\C/C=C\C/C=C\C/C=C\C/C=C\CCCCCCC(=O)OC(COC(=O)CCCCCCCCCCCCCCC/C=C\C/C=C\CCCCCCC)COC(OCC[N+](C)(C)C)C(=O)O. The van der Waals surface area contributed by atoms with Crippen molar-refractivity contribution in [3.8, 4) is 0 Å². The summed E-state index contributed by atoms with van der Waals surface area (Å²) < 4.78 is 22.9. The van der Waals surface area contributed by atoms with Crippen LogP contribution in [-0.4, -0.2) is 87.4 Å². The van der Waals surface area contributed by atoms with Crippen LogP contribution in [0.25, 0.3) is 0 Å². The normalized spacial score (nSPS) is 13.5. The Bertz CT molecular complexity index is 1520. The lowest BCUT2D eigenvalue weighted by molar-refractivity contribution is -0.870. The van der Waals surface area contributed by atoms with Crippen molar-refractivity contribution in [3.63, 3.8) is 0 Å². The van der Waals surface area contributed by atoms with Crippen molar-refractivity contribution in [2.45, 2.75) is 245 Å². The third-order valence-corrected chi connectivity index (χ3v) is 12.3. The van der Waals surface area contributed by atoms with Crippen LogP contribution < -0.4 is 0 Å². The number of esters is 2. The van der Waals surface area contributed by atoms with Crippen molar-refractivity contribution in [1.82, 2.24) is 0 Å². The van der Waals surface area contributed by atoms with E-state index in [1.165, 1.54) is 109 Å². The largest absolute Gasteiger partial charge is 0.477 e. The first-order valence-corrected chi connectivity index (χ1v) is 29.4. The van der Waals surface area contributed by atoms with Crippen molar-refractivity contribution in [2.24, 2.45) is 0 Å². The molecule has 0 aliphatic rings. The number of nitrogens with zero attached hydrogens (tertiary/aromatic N) is 1. The number of likely N-dealkylation sites (N-methyl/N-ethyl adjacent to an activating group) is 1. The molecule has 2 atom stereocenters. The molecule has 0 aromatic heterocycles. The number of allylic oxidation sites excluding steroid dienone is 16. The number of unbranched alkanes of at least 4 members (excludes halogenated alkanes) is 22. The zero-order chi connectivity index (χ0) is 53.4. The van der Waals surface area contributed by atoms with Crippen molar-refractivity contribution < 1.29 is 42.9 Å². The molecule has 0 radical (unpaired) electrons. The molecule has 0 saturated carbocycles. The molecule has 0 aliphatic carbocycles. The third kappa shape index (κ3) is 55.8. The van der Waals surface area contributed by atoms with E-state index in [0.29, 0.717) is 23.9 Å². The van der Waals surface area contributed by atoms with Gasteiger partial charge in [0.25, 0.3) is 6.29 Å². The molecule has 0 aliphatic heterocycles. The van der Waals surface area contributed by atoms with Gasteiger partial charge in [-0.1, -0.05) is 220 Å². The summed E-state index contributed by atoms with van der Waals surface area (Å²) in [6, 6.07) is 0. The molecule has 9 nitrogen and oxygen atoms in total. The topological polar surface area (TPSA) is 108 Å². The average molecular weight is 1020 g/mol. The van der Waals surface area contributed by atoms with Crippen LogP contribution in [0.5, 0.6) is 0 Å². The number of ether oxygens (including phenoxy) is 4.